The number of aliphatic hydroxyl groups is 3. The van der Waals surface area contributed by atoms with E-state index < -0.39 is 99.8 Å². The van der Waals surface area contributed by atoms with E-state index in [4.69, 9.17) is 37.9 Å². The van der Waals surface area contributed by atoms with Gasteiger partial charge in [0.2, 0.25) is 0 Å². The van der Waals surface area contributed by atoms with E-state index >= 15 is 0 Å². The van der Waals surface area contributed by atoms with Crippen molar-refractivity contribution in [3.8, 4) is 0 Å². The Morgan fingerprint density at radius 2 is 1.58 bits per heavy atom. The number of aliphatic hydroxyl groups excluding tert-OH is 2. The van der Waals surface area contributed by atoms with Crippen LogP contribution in [0, 0.1) is 23.7 Å². The van der Waals surface area contributed by atoms with Crippen LogP contribution in [0.25, 0.3) is 17.0 Å². The number of para-hydroxylation sites is 1. The standard InChI is InChI=1S/C51H79IN2O13/c1-28-25-50(11,61-15)43(66-46-40(56)37(23-29(2)63-46)54(13)48(7,8)9)31(4)41(65-38-26-49(10,60-14)42(57)33(6)64-38)32(5)45(58)67-47(52)51(12,59)44(30(3)39(28)55)62-22-18-19-34-24-35-20-16-17-21-36(35)53-27-34/h16-21,24,27-33,37-38,40-44,46-47,56-57,59H,22-23,25-26H2,1-15H3/b19-18+/t28-,29-,30+,31+,32-,33+,37+,38+,40-,41+,42+,43-,44-,46+,47+,49-,50-,51+/m1/s1. The molecule has 0 radical (unpaired) electrons. The van der Waals surface area contributed by atoms with Gasteiger partial charge >= 0.3 is 5.97 Å². The summed E-state index contributed by atoms with van der Waals surface area (Å²) in [5, 5.41) is 36.6. The zero-order chi connectivity index (χ0) is 50.0. The number of hydrogen-bond acceptors (Lipinski definition) is 15. The number of Topliss-reactive ketones (excluding diaryl/α,β-unsaturated/α-hetero) is 1. The molecule has 16 heteroatoms. The molecule has 2 aromatic rings. The molecule has 3 aliphatic rings. The second kappa shape index (κ2) is 22.5. The highest BCUT2D eigenvalue weighted by Crippen LogP contribution is 2.43. The molecule has 4 heterocycles. The number of nitrogens with zero attached hydrogens (tertiary/aromatic N) is 2. The van der Waals surface area contributed by atoms with Crippen molar-refractivity contribution >= 4 is 51.3 Å². The van der Waals surface area contributed by atoms with Gasteiger partial charge in [0.25, 0.3) is 0 Å². The van der Waals surface area contributed by atoms with Crippen LogP contribution < -0.4 is 0 Å². The summed E-state index contributed by atoms with van der Waals surface area (Å²) >= 11 is 1.89. The SMILES string of the molecule is CO[C@]1(C)C[C@@H](C)C(=O)[C@H](C)[C@@H](OC/C=C/c2cnc3ccccc3c2)[C@](C)(O)[C@@H](I)OC(=O)[C@H](C)[C@@H](O[C@H]2C[C@@](C)(OC)[C@@H](O)[C@H](C)O2)[C@H](C)[C@H]1O[C@@H]1O[C@H](C)C[C@H](N(C)C(C)(C)C)[C@H]1O. The molecule has 15 nitrogen and oxygen atoms in total. The summed E-state index contributed by atoms with van der Waals surface area (Å²) in [6.07, 6.45) is -2.10. The van der Waals surface area contributed by atoms with E-state index in [1.807, 2.05) is 93.7 Å². The summed E-state index contributed by atoms with van der Waals surface area (Å²) in [6, 6.07) is 9.49. The Labute approximate surface area is 412 Å². The van der Waals surface area contributed by atoms with Gasteiger partial charge in [-0.2, -0.15) is 0 Å². The molecule has 1 aromatic carbocycles. The maximum absolute atomic E-state index is 14.8. The van der Waals surface area contributed by atoms with E-state index in [-0.39, 0.29) is 42.9 Å². The molecule has 1 aromatic heterocycles. The zero-order valence-electron chi connectivity index (χ0n) is 42.3. The first-order valence-electron chi connectivity index (χ1n) is 23.7. The molecule has 0 spiro atoms. The number of aromatic nitrogens is 1. The molecule has 18 atom stereocenters. The number of methoxy groups -OCH3 is 2. The maximum Gasteiger partial charge on any atom is 0.312 e. The quantitative estimate of drug-likeness (QED) is 0.120. The highest BCUT2D eigenvalue weighted by molar-refractivity contribution is 14.1. The van der Waals surface area contributed by atoms with Crippen LogP contribution in [0.2, 0.25) is 0 Å². The van der Waals surface area contributed by atoms with Crippen molar-refractivity contribution in [1.29, 1.82) is 0 Å². The molecule has 0 aliphatic carbocycles. The summed E-state index contributed by atoms with van der Waals surface area (Å²) in [6.45, 7) is 22.2. The molecule has 0 unspecified atom stereocenters. The lowest BCUT2D eigenvalue weighted by Gasteiger charge is -2.51. The lowest BCUT2D eigenvalue weighted by Crippen LogP contribution is -2.62. The van der Waals surface area contributed by atoms with Crippen LogP contribution in [-0.2, 0) is 47.5 Å². The molecule has 0 bridgehead atoms. The summed E-state index contributed by atoms with van der Waals surface area (Å²) < 4.78 is 50.3. The van der Waals surface area contributed by atoms with Crippen LogP contribution in [-0.4, -0.2) is 153 Å². The number of carbonyl (C=O) groups is 2. The fraction of sp³-hybridized carbons (Fsp3) is 0.745. The minimum atomic E-state index is -1.87. The van der Waals surface area contributed by atoms with Gasteiger partial charge in [-0.1, -0.05) is 51.1 Å². The van der Waals surface area contributed by atoms with Gasteiger partial charge in [-0.15, -0.1) is 0 Å². The number of pyridine rings is 1. The lowest BCUT2D eigenvalue weighted by atomic mass is 9.74. The molecule has 378 valence electrons. The van der Waals surface area contributed by atoms with Crippen molar-refractivity contribution in [3.63, 3.8) is 0 Å². The number of cyclic esters (lactones) is 1. The molecule has 3 aliphatic heterocycles. The first-order chi connectivity index (χ1) is 31.2. The van der Waals surface area contributed by atoms with Crippen molar-refractivity contribution in [2.45, 2.75) is 190 Å². The molecule has 3 N–H and O–H groups in total. The first kappa shape index (κ1) is 55.7. The highest BCUT2D eigenvalue weighted by Gasteiger charge is 2.54. The highest BCUT2D eigenvalue weighted by atomic mass is 127. The van der Waals surface area contributed by atoms with Gasteiger partial charge in [0.05, 0.1) is 53.7 Å². The number of fused-ring (bicyclic) bond motifs is 1. The van der Waals surface area contributed by atoms with Crippen molar-refractivity contribution in [2.75, 3.05) is 27.9 Å². The summed E-state index contributed by atoms with van der Waals surface area (Å²) in [5.41, 5.74) is -2.76. The zero-order valence-corrected chi connectivity index (χ0v) is 44.5. The Hall–Kier alpha value is -2.20. The van der Waals surface area contributed by atoms with Gasteiger partial charge in [0.1, 0.15) is 29.7 Å². The Bertz CT molecular complexity index is 2000. The van der Waals surface area contributed by atoms with Crippen LogP contribution in [0.15, 0.2) is 42.6 Å². The van der Waals surface area contributed by atoms with Crippen LogP contribution in [0.3, 0.4) is 0 Å². The van der Waals surface area contributed by atoms with Gasteiger partial charge in [-0.3, -0.25) is 19.5 Å². The van der Waals surface area contributed by atoms with Crippen LogP contribution >= 0.6 is 22.6 Å². The second-order valence-electron chi connectivity index (χ2n) is 21.0. The Morgan fingerprint density at radius 1 is 0.925 bits per heavy atom. The number of alkyl halides is 1. The topological polar surface area (TPSA) is 185 Å². The number of ketones is 1. The normalized spacial score (nSPS) is 41.1. The van der Waals surface area contributed by atoms with Crippen LogP contribution in [0.1, 0.15) is 108 Å². The molecule has 0 saturated carbocycles. The monoisotopic (exact) mass is 1050 g/mol. The largest absolute Gasteiger partial charge is 0.448 e. The van der Waals surface area contributed by atoms with Crippen molar-refractivity contribution in [3.05, 3.63) is 48.2 Å². The fourth-order valence-corrected chi connectivity index (χ4v) is 10.8. The van der Waals surface area contributed by atoms with Crippen LogP contribution in [0.5, 0.6) is 0 Å². The Morgan fingerprint density at radius 3 is 2.22 bits per heavy atom. The van der Waals surface area contributed by atoms with Gasteiger partial charge in [0, 0.05) is 61.6 Å². The summed E-state index contributed by atoms with van der Waals surface area (Å²) in [7, 11) is 5.04. The Balaban J connectivity index is 1.56. The van der Waals surface area contributed by atoms with E-state index in [9.17, 15) is 24.9 Å². The Kier molecular flexibility index (Phi) is 18.7. The number of carbonyl (C=O) groups excluding carboxylic acids is 2. The smallest absolute Gasteiger partial charge is 0.312 e. The molecule has 3 fully saturated rings. The number of rotatable bonds is 11. The number of ether oxygens (including phenoxy) is 8. The van der Waals surface area contributed by atoms with Crippen molar-refractivity contribution < 1.29 is 62.8 Å². The number of likely N-dealkylation sites (N-methyl/N-ethyl adjacent to an activating group) is 1. The maximum atomic E-state index is 14.8. The second-order valence-corrected chi connectivity index (χ2v) is 22.2. The van der Waals surface area contributed by atoms with Crippen molar-refractivity contribution in [1.82, 2.24) is 9.88 Å². The minimum absolute atomic E-state index is 0.0227. The molecular formula is C51H79IN2O13. The third kappa shape index (κ3) is 12.6. The molecular weight excluding hydrogens is 975 g/mol. The molecule has 67 heavy (non-hydrogen) atoms. The van der Waals surface area contributed by atoms with Crippen LogP contribution in [0.4, 0.5) is 0 Å². The average molecular weight is 1060 g/mol. The third-order valence-electron chi connectivity index (χ3n) is 14.8. The molecule has 0 amide bonds. The third-order valence-corrected chi connectivity index (χ3v) is 16.3. The van der Waals surface area contributed by atoms with Gasteiger partial charge in [-0.05, 0) is 122 Å². The predicted octanol–water partition coefficient (Wildman–Crippen LogP) is 6.88. The summed E-state index contributed by atoms with van der Waals surface area (Å²) in [5.74, 6) is -4.25. The predicted molar refractivity (Wildman–Crippen MR) is 263 cm³/mol. The number of benzene rings is 1. The van der Waals surface area contributed by atoms with E-state index in [1.165, 1.54) is 14.0 Å². The number of hydrogen-bond donors (Lipinski definition) is 3. The van der Waals surface area contributed by atoms with Gasteiger partial charge < -0.3 is 53.2 Å². The summed E-state index contributed by atoms with van der Waals surface area (Å²) in [4.78, 5) is 36.1. The molecule has 5 rings (SSSR count). The average Bonchev–Trinajstić information content (AvgIpc) is 3.27. The fourth-order valence-electron chi connectivity index (χ4n) is 10.2. The van der Waals surface area contributed by atoms with E-state index in [0.717, 1.165) is 16.5 Å². The van der Waals surface area contributed by atoms with E-state index in [2.05, 4.69) is 30.7 Å². The lowest BCUT2D eigenvalue weighted by molar-refractivity contribution is -0.320. The van der Waals surface area contributed by atoms with Gasteiger partial charge in [-0.25, -0.2) is 0 Å². The first-order valence-corrected chi connectivity index (χ1v) is 25.0. The number of esters is 1. The molecule has 3 saturated heterocycles. The number of halogens is 1. The van der Waals surface area contributed by atoms with Gasteiger partial charge in [0.15, 0.2) is 16.7 Å². The van der Waals surface area contributed by atoms with E-state index in [1.54, 1.807) is 47.1 Å². The minimum Gasteiger partial charge on any atom is -0.448 e. The van der Waals surface area contributed by atoms with E-state index in [0.29, 0.717) is 6.42 Å². The van der Waals surface area contributed by atoms with Crippen molar-refractivity contribution in [2.24, 2.45) is 23.7 Å².